The van der Waals surface area contributed by atoms with Crippen LogP contribution in [0.2, 0.25) is 0 Å². The van der Waals surface area contributed by atoms with Crippen LogP contribution in [0.3, 0.4) is 0 Å². The van der Waals surface area contributed by atoms with E-state index in [9.17, 15) is 19.8 Å². The Labute approximate surface area is 140 Å². The first-order chi connectivity index (χ1) is 11.6. The van der Waals surface area contributed by atoms with E-state index in [1.807, 2.05) is 60.7 Å². The second-order valence-electron chi connectivity index (χ2n) is 5.33. The van der Waals surface area contributed by atoms with E-state index in [1.165, 1.54) is 6.08 Å². The van der Waals surface area contributed by atoms with Gasteiger partial charge in [-0.25, -0.2) is 0 Å². The van der Waals surface area contributed by atoms with Crippen LogP contribution in [-0.2, 0) is 16.0 Å². The number of rotatable bonds is 8. The molecule has 24 heavy (non-hydrogen) atoms. The van der Waals surface area contributed by atoms with Gasteiger partial charge in [0.25, 0.3) is 0 Å². The van der Waals surface area contributed by atoms with Gasteiger partial charge in [0.1, 0.15) is 12.1 Å². The van der Waals surface area contributed by atoms with Gasteiger partial charge in [-0.05, 0) is 17.5 Å². The molecule has 0 saturated heterocycles. The van der Waals surface area contributed by atoms with E-state index in [4.69, 9.17) is 0 Å². The summed E-state index contributed by atoms with van der Waals surface area (Å²) < 4.78 is 0. The number of carboxylic acid groups (broad SMARTS) is 2. The van der Waals surface area contributed by atoms with Crippen LogP contribution >= 0.6 is 0 Å². The molecule has 0 bridgehead atoms. The van der Waals surface area contributed by atoms with E-state index in [0.29, 0.717) is 0 Å². The molecule has 2 aromatic carbocycles. The molecule has 0 radical (unpaired) electrons. The Hall–Kier alpha value is -2.92. The lowest BCUT2D eigenvalue weighted by Crippen LogP contribution is -2.47. The third-order valence-corrected chi connectivity index (χ3v) is 3.51. The highest BCUT2D eigenvalue weighted by Gasteiger charge is 2.24. The molecule has 0 saturated carbocycles. The quantitative estimate of drug-likeness (QED) is 0.694. The van der Waals surface area contributed by atoms with Gasteiger partial charge in [0.2, 0.25) is 0 Å². The average molecular weight is 325 g/mol. The highest BCUT2D eigenvalue weighted by molar-refractivity contribution is 5.80. The molecule has 3 N–H and O–H groups in total. The minimum atomic E-state index is -1.12. The van der Waals surface area contributed by atoms with Gasteiger partial charge in [-0.1, -0.05) is 72.8 Å². The summed E-state index contributed by atoms with van der Waals surface area (Å²) in [6, 6.07) is 16.3. The summed E-state index contributed by atoms with van der Waals surface area (Å²) in [4.78, 5) is 22.9. The van der Waals surface area contributed by atoms with Crippen LogP contribution in [0.1, 0.15) is 11.1 Å². The van der Waals surface area contributed by atoms with Crippen molar-refractivity contribution in [3.8, 4) is 0 Å². The summed E-state index contributed by atoms with van der Waals surface area (Å²) in [5.74, 6) is -2.21. The van der Waals surface area contributed by atoms with E-state index in [0.717, 1.165) is 11.1 Å². The molecule has 0 amide bonds. The number of hydrogen-bond donors (Lipinski definition) is 3. The summed E-state index contributed by atoms with van der Waals surface area (Å²) in [5.41, 5.74) is 1.68. The Morgan fingerprint density at radius 3 is 2.04 bits per heavy atom. The van der Waals surface area contributed by atoms with Crippen molar-refractivity contribution >= 4 is 18.0 Å². The van der Waals surface area contributed by atoms with E-state index in [1.54, 1.807) is 6.08 Å². The number of carboxylic acids is 2. The Morgan fingerprint density at radius 2 is 1.50 bits per heavy atom. The zero-order valence-corrected chi connectivity index (χ0v) is 13.0. The third kappa shape index (κ3) is 5.37. The molecule has 0 aromatic heterocycles. The van der Waals surface area contributed by atoms with Gasteiger partial charge in [-0.15, -0.1) is 0 Å². The topological polar surface area (TPSA) is 86.6 Å². The molecule has 0 fully saturated rings. The maximum atomic E-state index is 11.5. The largest absolute Gasteiger partial charge is 0.480 e. The van der Waals surface area contributed by atoms with Crippen molar-refractivity contribution in [2.75, 3.05) is 0 Å². The first-order valence-corrected chi connectivity index (χ1v) is 7.55. The molecule has 0 heterocycles. The molecule has 0 aliphatic rings. The van der Waals surface area contributed by atoms with E-state index < -0.39 is 24.0 Å². The van der Waals surface area contributed by atoms with Gasteiger partial charge in [-0.2, -0.15) is 0 Å². The minimum absolute atomic E-state index is 0.207. The molecule has 5 nitrogen and oxygen atoms in total. The van der Waals surface area contributed by atoms with Crippen LogP contribution in [0.25, 0.3) is 6.08 Å². The molecule has 0 aliphatic carbocycles. The van der Waals surface area contributed by atoms with Crippen molar-refractivity contribution in [1.82, 2.24) is 5.32 Å². The monoisotopic (exact) mass is 325 g/mol. The number of hydrogen-bond acceptors (Lipinski definition) is 3. The third-order valence-electron chi connectivity index (χ3n) is 3.51. The summed E-state index contributed by atoms with van der Waals surface area (Å²) in [6.07, 6.45) is 3.32. The summed E-state index contributed by atoms with van der Waals surface area (Å²) in [5, 5.41) is 21.4. The van der Waals surface area contributed by atoms with E-state index in [-0.39, 0.29) is 6.42 Å². The van der Waals surface area contributed by atoms with Crippen molar-refractivity contribution in [2.45, 2.75) is 18.5 Å². The minimum Gasteiger partial charge on any atom is -0.480 e. The molecule has 0 spiro atoms. The van der Waals surface area contributed by atoms with Crippen molar-refractivity contribution in [3.63, 3.8) is 0 Å². The zero-order valence-electron chi connectivity index (χ0n) is 13.0. The number of benzene rings is 2. The fourth-order valence-corrected chi connectivity index (χ4v) is 2.26. The second-order valence-corrected chi connectivity index (χ2v) is 5.33. The Bertz CT molecular complexity index is 698. The standard InChI is InChI=1S/C19H19NO4/c21-18(22)16(12-11-14-7-3-1-4-8-14)20-17(19(23)24)13-15-9-5-2-6-10-15/h1-12,16-17,20H,13H2,(H,21,22)(H,23,24)/b12-11+/t16?,17-/m1/s1. The van der Waals surface area contributed by atoms with Gasteiger partial charge in [-0.3, -0.25) is 14.9 Å². The Balaban J connectivity index is 2.10. The maximum absolute atomic E-state index is 11.5. The van der Waals surface area contributed by atoms with E-state index >= 15 is 0 Å². The van der Waals surface area contributed by atoms with Crippen LogP contribution in [0.5, 0.6) is 0 Å². The molecule has 0 aliphatic heterocycles. The fraction of sp³-hybridized carbons (Fsp3) is 0.158. The number of carbonyl (C=O) groups is 2. The first kappa shape index (κ1) is 17.4. The molecule has 5 heteroatoms. The van der Waals surface area contributed by atoms with Crippen molar-refractivity contribution in [1.29, 1.82) is 0 Å². The second kappa shape index (κ2) is 8.64. The SMILES string of the molecule is O=C(O)C(/C=C/c1ccccc1)N[C@H](Cc1ccccc1)C(=O)O. The predicted octanol–water partition coefficient (Wildman–Crippen LogP) is 2.44. The molecule has 2 rings (SSSR count). The fourth-order valence-electron chi connectivity index (χ4n) is 2.26. The van der Waals surface area contributed by atoms with Crippen LogP contribution in [-0.4, -0.2) is 34.2 Å². The molecule has 1 unspecified atom stereocenters. The van der Waals surface area contributed by atoms with Gasteiger partial charge < -0.3 is 10.2 Å². The van der Waals surface area contributed by atoms with Crippen molar-refractivity contribution in [2.24, 2.45) is 0 Å². The normalized spacial score (nSPS) is 13.5. The smallest absolute Gasteiger partial charge is 0.324 e. The lowest BCUT2D eigenvalue weighted by Gasteiger charge is -2.18. The van der Waals surface area contributed by atoms with Crippen molar-refractivity contribution in [3.05, 3.63) is 77.9 Å². The zero-order chi connectivity index (χ0) is 17.4. The molecule has 2 atom stereocenters. The summed E-state index contributed by atoms with van der Waals surface area (Å²) in [7, 11) is 0. The van der Waals surface area contributed by atoms with Gasteiger partial charge in [0.05, 0.1) is 0 Å². The van der Waals surface area contributed by atoms with Gasteiger partial charge in [0.15, 0.2) is 0 Å². The van der Waals surface area contributed by atoms with E-state index in [2.05, 4.69) is 5.32 Å². The number of aliphatic carboxylic acids is 2. The summed E-state index contributed by atoms with van der Waals surface area (Å²) in [6.45, 7) is 0. The van der Waals surface area contributed by atoms with Crippen LogP contribution in [0.4, 0.5) is 0 Å². The Kier molecular flexibility index (Phi) is 6.28. The molecular weight excluding hydrogens is 306 g/mol. The molecule has 124 valence electrons. The van der Waals surface area contributed by atoms with Gasteiger partial charge in [0, 0.05) is 0 Å². The first-order valence-electron chi connectivity index (χ1n) is 7.55. The summed E-state index contributed by atoms with van der Waals surface area (Å²) >= 11 is 0. The van der Waals surface area contributed by atoms with Gasteiger partial charge >= 0.3 is 11.9 Å². The lowest BCUT2D eigenvalue weighted by atomic mass is 10.0. The lowest BCUT2D eigenvalue weighted by molar-refractivity contribution is -0.141. The van der Waals surface area contributed by atoms with Crippen molar-refractivity contribution < 1.29 is 19.8 Å². The van der Waals surface area contributed by atoms with Crippen LogP contribution in [0, 0.1) is 0 Å². The predicted molar refractivity (Wildman–Crippen MR) is 91.6 cm³/mol. The van der Waals surface area contributed by atoms with Crippen LogP contribution < -0.4 is 5.32 Å². The molecular formula is C19H19NO4. The Morgan fingerprint density at radius 1 is 0.917 bits per heavy atom. The van der Waals surface area contributed by atoms with Crippen LogP contribution in [0.15, 0.2) is 66.7 Å². The highest BCUT2D eigenvalue weighted by Crippen LogP contribution is 2.07. The number of nitrogens with one attached hydrogen (secondary N) is 1. The highest BCUT2D eigenvalue weighted by atomic mass is 16.4. The average Bonchev–Trinajstić information content (AvgIpc) is 2.59. The maximum Gasteiger partial charge on any atom is 0.324 e. The molecule has 2 aromatic rings.